The molecule has 1 atom stereocenters. The fourth-order valence-corrected chi connectivity index (χ4v) is 3.12. The number of hydrogen-bond donors (Lipinski definition) is 0. The molecular formula is C18H21ClN4O4. The van der Waals surface area contributed by atoms with Crippen molar-refractivity contribution in [3.8, 4) is 0 Å². The summed E-state index contributed by atoms with van der Waals surface area (Å²) >= 11 is 6.16. The van der Waals surface area contributed by atoms with Crippen LogP contribution in [0.1, 0.15) is 29.4 Å². The molecule has 1 amide bonds. The van der Waals surface area contributed by atoms with Crippen LogP contribution in [0, 0.1) is 0 Å². The minimum atomic E-state index is -0.376. The number of aromatic nitrogens is 3. The number of halogens is 1. The monoisotopic (exact) mass is 392 g/mol. The minimum absolute atomic E-state index is 0.0906. The number of amides is 1. The van der Waals surface area contributed by atoms with E-state index in [9.17, 15) is 9.59 Å². The van der Waals surface area contributed by atoms with Crippen LogP contribution in [0.5, 0.6) is 0 Å². The highest BCUT2D eigenvalue weighted by molar-refractivity contribution is 6.31. The number of carbonyl (C=O) groups excluding carboxylic acids is 2. The number of nitrogens with zero attached hydrogens (tertiary/aromatic N) is 4. The molecule has 0 aliphatic carbocycles. The van der Waals surface area contributed by atoms with Gasteiger partial charge in [-0.25, -0.2) is 4.68 Å². The highest BCUT2D eigenvalue weighted by atomic mass is 35.5. The lowest BCUT2D eigenvalue weighted by Crippen LogP contribution is -2.49. The van der Waals surface area contributed by atoms with Crippen molar-refractivity contribution >= 4 is 23.5 Å². The Kier molecular flexibility index (Phi) is 6.41. The molecule has 1 aromatic heterocycles. The molecule has 9 heteroatoms. The molecule has 0 bridgehead atoms. The van der Waals surface area contributed by atoms with E-state index in [0.717, 1.165) is 5.56 Å². The first-order valence-corrected chi connectivity index (χ1v) is 9.14. The van der Waals surface area contributed by atoms with Crippen molar-refractivity contribution in [2.75, 3.05) is 26.4 Å². The van der Waals surface area contributed by atoms with Crippen LogP contribution in [-0.2, 0) is 20.8 Å². The first-order valence-electron chi connectivity index (χ1n) is 8.76. The van der Waals surface area contributed by atoms with Crippen molar-refractivity contribution in [3.05, 3.63) is 46.7 Å². The molecular weight excluding hydrogens is 372 g/mol. The Morgan fingerprint density at radius 2 is 2.19 bits per heavy atom. The summed E-state index contributed by atoms with van der Waals surface area (Å²) < 4.78 is 12.0. The van der Waals surface area contributed by atoms with Gasteiger partial charge in [-0.15, -0.1) is 5.10 Å². The van der Waals surface area contributed by atoms with Crippen LogP contribution in [0.3, 0.4) is 0 Å². The molecule has 27 heavy (non-hydrogen) atoms. The molecule has 1 saturated heterocycles. The number of ether oxygens (including phenoxy) is 2. The molecule has 2 heterocycles. The molecule has 2 aromatic rings. The van der Waals surface area contributed by atoms with Gasteiger partial charge in [-0.05, 0) is 18.6 Å². The van der Waals surface area contributed by atoms with Gasteiger partial charge in [0.2, 0.25) is 0 Å². The van der Waals surface area contributed by atoms with Gasteiger partial charge in [0.15, 0.2) is 5.69 Å². The van der Waals surface area contributed by atoms with Crippen molar-refractivity contribution in [1.82, 2.24) is 19.9 Å². The zero-order valence-electron chi connectivity index (χ0n) is 15.0. The third kappa shape index (κ3) is 4.84. The summed E-state index contributed by atoms with van der Waals surface area (Å²) in [5.41, 5.74) is 1.10. The predicted molar refractivity (Wildman–Crippen MR) is 97.5 cm³/mol. The quantitative estimate of drug-likeness (QED) is 0.696. The molecule has 1 aliphatic heterocycles. The number of benzene rings is 1. The minimum Gasteiger partial charge on any atom is -0.466 e. The molecule has 0 saturated carbocycles. The normalized spacial score (nSPS) is 17.0. The van der Waals surface area contributed by atoms with Crippen LogP contribution in [0.4, 0.5) is 0 Å². The van der Waals surface area contributed by atoms with Gasteiger partial charge in [-0.1, -0.05) is 35.0 Å². The molecule has 1 aromatic carbocycles. The summed E-state index contributed by atoms with van der Waals surface area (Å²) in [6.07, 6.45) is 1.68. The molecule has 8 nitrogen and oxygen atoms in total. The fraction of sp³-hybridized carbons (Fsp3) is 0.444. The summed E-state index contributed by atoms with van der Waals surface area (Å²) in [5.74, 6) is -0.633. The lowest BCUT2D eigenvalue weighted by Gasteiger charge is -2.34. The van der Waals surface area contributed by atoms with Gasteiger partial charge >= 0.3 is 5.97 Å². The predicted octanol–water partition coefficient (Wildman–Crippen LogP) is 1.77. The summed E-state index contributed by atoms with van der Waals surface area (Å²) in [6, 6.07) is 7.05. The van der Waals surface area contributed by atoms with Crippen LogP contribution in [0.25, 0.3) is 0 Å². The maximum Gasteiger partial charge on any atom is 0.307 e. The Morgan fingerprint density at radius 3 is 2.96 bits per heavy atom. The van der Waals surface area contributed by atoms with Crippen molar-refractivity contribution in [2.24, 2.45) is 0 Å². The third-order valence-electron chi connectivity index (χ3n) is 4.24. The molecule has 0 N–H and O–H groups in total. The smallest absolute Gasteiger partial charge is 0.307 e. The van der Waals surface area contributed by atoms with Crippen LogP contribution >= 0.6 is 11.6 Å². The van der Waals surface area contributed by atoms with Gasteiger partial charge in [0, 0.05) is 11.6 Å². The largest absolute Gasteiger partial charge is 0.466 e. The van der Waals surface area contributed by atoms with Gasteiger partial charge in [0.05, 0.1) is 45.0 Å². The van der Waals surface area contributed by atoms with E-state index < -0.39 is 0 Å². The van der Waals surface area contributed by atoms with E-state index in [1.54, 1.807) is 28.8 Å². The zero-order valence-corrected chi connectivity index (χ0v) is 15.8. The van der Waals surface area contributed by atoms with Gasteiger partial charge in [0.1, 0.15) is 0 Å². The molecule has 1 fully saturated rings. The highest BCUT2D eigenvalue weighted by Gasteiger charge is 2.31. The van der Waals surface area contributed by atoms with Crippen molar-refractivity contribution < 1.29 is 19.1 Å². The number of hydrogen-bond acceptors (Lipinski definition) is 6. The lowest BCUT2D eigenvalue weighted by molar-refractivity contribution is -0.145. The van der Waals surface area contributed by atoms with E-state index in [1.807, 2.05) is 18.2 Å². The third-order valence-corrected chi connectivity index (χ3v) is 4.61. The fourth-order valence-electron chi connectivity index (χ4n) is 2.93. The average molecular weight is 393 g/mol. The average Bonchev–Trinajstić information content (AvgIpc) is 3.12. The highest BCUT2D eigenvalue weighted by Crippen LogP contribution is 2.17. The second-order valence-electron chi connectivity index (χ2n) is 6.13. The topological polar surface area (TPSA) is 86.5 Å². The summed E-state index contributed by atoms with van der Waals surface area (Å²) in [6.45, 7) is 3.55. The maximum absolute atomic E-state index is 12.9. The SMILES string of the molecule is CCOC(=O)C[C@H]1COCCN1C(=O)c1cn(Cc2ccccc2Cl)nn1. The van der Waals surface area contributed by atoms with Crippen LogP contribution in [-0.4, -0.2) is 64.2 Å². The van der Waals surface area contributed by atoms with E-state index in [-0.39, 0.29) is 36.6 Å². The number of rotatable bonds is 6. The standard InChI is InChI=1S/C18H21ClN4O4/c1-2-27-17(24)9-14-12-26-8-7-23(14)18(25)16-11-22(21-20-16)10-13-5-3-4-6-15(13)19/h3-6,11,14H,2,7-10,12H2,1H3/t14-/m0/s1. The van der Waals surface area contributed by atoms with Crippen molar-refractivity contribution in [2.45, 2.75) is 25.9 Å². The first-order chi connectivity index (χ1) is 13.1. The van der Waals surface area contributed by atoms with Gasteiger partial charge in [-0.2, -0.15) is 0 Å². The van der Waals surface area contributed by atoms with Crippen molar-refractivity contribution in [1.29, 1.82) is 0 Å². The summed E-state index contributed by atoms with van der Waals surface area (Å²) in [5, 5.41) is 8.64. The Bertz CT molecular complexity index is 810. The van der Waals surface area contributed by atoms with E-state index in [1.165, 1.54) is 0 Å². The second-order valence-corrected chi connectivity index (χ2v) is 6.54. The second kappa shape index (κ2) is 8.96. The summed E-state index contributed by atoms with van der Waals surface area (Å²) in [7, 11) is 0. The van der Waals surface area contributed by atoms with Gasteiger partial charge < -0.3 is 14.4 Å². The van der Waals surface area contributed by atoms with Gasteiger partial charge in [-0.3, -0.25) is 9.59 Å². The molecule has 3 rings (SSSR count). The summed E-state index contributed by atoms with van der Waals surface area (Å²) in [4.78, 5) is 26.3. The molecule has 0 spiro atoms. The molecule has 0 radical (unpaired) electrons. The van der Waals surface area contributed by atoms with Crippen molar-refractivity contribution in [3.63, 3.8) is 0 Å². The lowest BCUT2D eigenvalue weighted by atomic mass is 10.1. The first kappa shape index (κ1) is 19.3. The molecule has 1 aliphatic rings. The van der Waals surface area contributed by atoms with Crippen LogP contribution < -0.4 is 0 Å². The maximum atomic E-state index is 12.9. The number of carbonyl (C=O) groups is 2. The number of morpholine rings is 1. The Morgan fingerprint density at radius 1 is 1.37 bits per heavy atom. The zero-order chi connectivity index (χ0) is 19.2. The Hall–Kier alpha value is -2.45. The van der Waals surface area contributed by atoms with Crippen LogP contribution in [0.2, 0.25) is 5.02 Å². The van der Waals surface area contributed by atoms with Gasteiger partial charge in [0.25, 0.3) is 5.91 Å². The molecule has 0 unspecified atom stereocenters. The number of esters is 1. The Labute approximate surface area is 162 Å². The van der Waals surface area contributed by atoms with E-state index >= 15 is 0 Å². The molecule has 144 valence electrons. The van der Waals surface area contributed by atoms with Crippen LogP contribution in [0.15, 0.2) is 30.5 Å². The van der Waals surface area contributed by atoms with E-state index in [2.05, 4.69) is 10.3 Å². The van der Waals surface area contributed by atoms with E-state index in [0.29, 0.717) is 31.3 Å². The Balaban J connectivity index is 1.70. The van der Waals surface area contributed by atoms with E-state index in [4.69, 9.17) is 21.1 Å².